The molecule has 8 nitrogen and oxygen atoms in total. The smallest absolute Gasteiger partial charge is 0.407 e. The van der Waals surface area contributed by atoms with Crippen LogP contribution in [0.1, 0.15) is 19.4 Å². The molecule has 0 aromatic heterocycles. The Balaban J connectivity index is 2.12. The van der Waals surface area contributed by atoms with Crippen molar-refractivity contribution in [3.8, 4) is 11.5 Å². The quantitative estimate of drug-likeness (QED) is 0.714. The molecule has 0 saturated heterocycles. The zero-order valence-corrected chi connectivity index (χ0v) is 13.6. The van der Waals surface area contributed by atoms with Crippen LogP contribution < -0.4 is 14.8 Å². The zero-order valence-electron chi connectivity index (χ0n) is 13.6. The Morgan fingerprint density at radius 1 is 1.21 bits per heavy atom. The number of rotatable bonds is 7. The van der Waals surface area contributed by atoms with E-state index in [1.807, 2.05) is 0 Å². The predicted molar refractivity (Wildman–Crippen MR) is 82.9 cm³/mol. The molecule has 1 aliphatic heterocycles. The highest BCUT2D eigenvalue weighted by Gasteiger charge is 2.30. The second-order valence-electron chi connectivity index (χ2n) is 5.06. The van der Waals surface area contributed by atoms with Gasteiger partial charge in [-0.15, -0.1) is 0 Å². The fourth-order valence-corrected chi connectivity index (χ4v) is 2.28. The van der Waals surface area contributed by atoms with Crippen LogP contribution in [-0.2, 0) is 20.7 Å². The van der Waals surface area contributed by atoms with Gasteiger partial charge < -0.3 is 29.4 Å². The summed E-state index contributed by atoms with van der Waals surface area (Å²) in [6, 6.07) is 4.34. The van der Waals surface area contributed by atoms with Gasteiger partial charge in [-0.05, 0) is 38.0 Å². The monoisotopic (exact) mass is 339 g/mol. The first-order valence-electron chi connectivity index (χ1n) is 7.71. The molecule has 24 heavy (non-hydrogen) atoms. The lowest BCUT2D eigenvalue weighted by molar-refractivity contribution is -0.154. The number of esters is 1. The van der Waals surface area contributed by atoms with Gasteiger partial charge in [-0.1, -0.05) is 6.07 Å². The Hall–Kier alpha value is -2.48. The Morgan fingerprint density at radius 2 is 1.92 bits per heavy atom. The normalized spacial score (nSPS) is 14.6. The molecular formula is C16H21NO7. The summed E-state index contributed by atoms with van der Waals surface area (Å²) in [4.78, 5) is 23.5. The number of carbonyl (C=O) groups is 2. The molecule has 132 valence electrons. The lowest BCUT2D eigenvalue weighted by Gasteiger charge is -2.22. The standard InChI is InChI=1S/C16H21NO7/c1-3-21-15(19)14(18)11(17-16(20)22-4-2)7-10-5-6-12-13(8-10)24-9-23-12/h5-6,8,11,14,18H,3-4,7,9H2,1-2H3,(H,17,20). The summed E-state index contributed by atoms with van der Waals surface area (Å²) in [5.74, 6) is 0.396. The fourth-order valence-electron chi connectivity index (χ4n) is 2.28. The number of amides is 1. The third-order valence-corrected chi connectivity index (χ3v) is 3.38. The number of fused-ring (bicyclic) bond motifs is 1. The van der Waals surface area contributed by atoms with Crippen molar-refractivity contribution in [1.29, 1.82) is 0 Å². The van der Waals surface area contributed by atoms with Gasteiger partial charge in [0.1, 0.15) is 0 Å². The highest BCUT2D eigenvalue weighted by Crippen LogP contribution is 2.32. The molecule has 0 fully saturated rings. The van der Waals surface area contributed by atoms with Gasteiger partial charge in [0.25, 0.3) is 0 Å². The van der Waals surface area contributed by atoms with E-state index in [9.17, 15) is 14.7 Å². The third kappa shape index (κ3) is 4.51. The first kappa shape index (κ1) is 17.9. The maximum atomic E-state index is 11.8. The van der Waals surface area contributed by atoms with Crippen LogP contribution in [0.15, 0.2) is 18.2 Å². The molecule has 2 unspecified atom stereocenters. The van der Waals surface area contributed by atoms with Gasteiger partial charge in [-0.25, -0.2) is 9.59 Å². The minimum absolute atomic E-state index is 0.131. The molecule has 1 amide bonds. The van der Waals surface area contributed by atoms with Crippen LogP contribution in [0.25, 0.3) is 0 Å². The molecule has 2 N–H and O–H groups in total. The Bertz CT molecular complexity index is 590. The Kier molecular flexibility index (Phi) is 6.25. The van der Waals surface area contributed by atoms with Crippen molar-refractivity contribution in [2.45, 2.75) is 32.4 Å². The summed E-state index contributed by atoms with van der Waals surface area (Å²) in [6.07, 6.45) is -2.04. The second kappa shape index (κ2) is 8.39. The van der Waals surface area contributed by atoms with Crippen LogP contribution in [0.4, 0.5) is 4.79 Å². The summed E-state index contributed by atoms with van der Waals surface area (Å²) in [6.45, 7) is 3.75. The van der Waals surface area contributed by atoms with Crippen LogP contribution >= 0.6 is 0 Å². The van der Waals surface area contributed by atoms with Crippen molar-refractivity contribution in [3.63, 3.8) is 0 Å². The number of nitrogens with one attached hydrogen (secondary N) is 1. The lowest BCUT2D eigenvalue weighted by Crippen LogP contribution is -2.49. The number of carbonyl (C=O) groups excluding carboxylic acids is 2. The number of alkyl carbamates (subject to hydrolysis) is 1. The molecule has 1 aliphatic rings. The molecule has 0 radical (unpaired) electrons. The van der Waals surface area contributed by atoms with E-state index in [4.69, 9.17) is 18.9 Å². The van der Waals surface area contributed by atoms with E-state index in [0.717, 1.165) is 5.56 Å². The first-order chi connectivity index (χ1) is 11.5. The van der Waals surface area contributed by atoms with E-state index in [0.29, 0.717) is 11.5 Å². The minimum atomic E-state index is -1.51. The number of benzene rings is 1. The SMILES string of the molecule is CCOC(=O)NC(Cc1ccc2c(c1)OCO2)C(O)C(=O)OCC. The molecule has 2 atom stereocenters. The molecule has 0 spiro atoms. The van der Waals surface area contributed by atoms with Crippen LogP contribution in [0.2, 0.25) is 0 Å². The van der Waals surface area contributed by atoms with E-state index >= 15 is 0 Å². The maximum absolute atomic E-state index is 11.8. The second-order valence-corrected chi connectivity index (χ2v) is 5.06. The average Bonchev–Trinajstić information content (AvgIpc) is 3.01. The largest absolute Gasteiger partial charge is 0.464 e. The average molecular weight is 339 g/mol. The predicted octanol–water partition coefficient (Wildman–Crippen LogP) is 0.996. The maximum Gasteiger partial charge on any atom is 0.407 e. The number of aliphatic hydroxyl groups excluding tert-OH is 1. The summed E-state index contributed by atoms with van der Waals surface area (Å²) in [5, 5.41) is 12.7. The summed E-state index contributed by atoms with van der Waals surface area (Å²) in [5.41, 5.74) is 0.754. The number of ether oxygens (including phenoxy) is 4. The molecule has 1 heterocycles. The van der Waals surface area contributed by atoms with Crippen molar-refractivity contribution < 1.29 is 33.6 Å². The minimum Gasteiger partial charge on any atom is -0.464 e. The van der Waals surface area contributed by atoms with Crippen LogP contribution in [-0.4, -0.2) is 49.3 Å². The number of hydrogen-bond acceptors (Lipinski definition) is 7. The fraction of sp³-hybridized carbons (Fsp3) is 0.500. The molecule has 1 aromatic carbocycles. The Morgan fingerprint density at radius 3 is 2.62 bits per heavy atom. The highest BCUT2D eigenvalue weighted by molar-refractivity contribution is 5.77. The summed E-state index contributed by atoms with van der Waals surface area (Å²) < 4.78 is 20.2. The van der Waals surface area contributed by atoms with Crippen LogP contribution in [0.5, 0.6) is 11.5 Å². The molecule has 1 aromatic rings. The summed E-state index contributed by atoms with van der Waals surface area (Å²) in [7, 11) is 0. The zero-order chi connectivity index (χ0) is 17.5. The van der Waals surface area contributed by atoms with Gasteiger partial charge in [0.2, 0.25) is 6.79 Å². The molecule has 2 rings (SSSR count). The van der Waals surface area contributed by atoms with Gasteiger partial charge in [0, 0.05) is 0 Å². The van der Waals surface area contributed by atoms with Crippen molar-refractivity contribution in [2.24, 2.45) is 0 Å². The molecular weight excluding hydrogens is 318 g/mol. The van der Waals surface area contributed by atoms with Crippen LogP contribution in [0.3, 0.4) is 0 Å². The first-order valence-corrected chi connectivity index (χ1v) is 7.71. The van der Waals surface area contributed by atoms with Gasteiger partial charge in [0.15, 0.2) is 17.6 Å². The van der Waals surface area contributed by atoms with E-state index in [1.54, 1.807) is 32.0 Å². The van der Waals surface area contributed by atoms with Gasteiger partial charge in [-0.3, -0.25) is 0 Å². The molecule has 0 aliphatic carbocycles. The number of aliphatic hydroxyl groups is 1. The van der Waals surface area contributed by atoms with Crippen LogP contribution in [0, 0.1) is 0 Å². The Labute approximate surface area is 139 Å². The number of hydrogen-bond donors (Lipinski definition) is 2. The highest BCUT2D eigenvalue weighted by atomic mass is 16.7. The molecule has 0 saturated carbocycles. The van der Waals surface area contributed by atoms with Crippen molar-refractivity contribution in [3.05, 3.63) is 23.8 Å². The van der Waals surface area contributed by atoms with Crippen molar-refractivity contribution in [2.75, 3.05) is 20.0 Å². The molecule has 0 bridgehead atoms. The molecule has 8 heteroatoms. The van der Waals surface area contributed by atoms with Gasteiger partial charge >= 0.3 is 12.1 Å². The van der Waals surface area contributed by atoms with E-state index < -0.39 is 24.2 Å². The van der Waals surface area contributed by atoms with Gasteiger partial charge in [0.05, 0.1) is 19.3 Å². The third-order valence-electron chi connectivity index (χ3n) is 3.38. The topological polar surface area (TPSA) is 103 Å². The van der Waals surface area contributed by atoms with Gasteiger partial charge in [-0.2, -0.15) is 0 Å². The van der Waals surface area contributed by atoms with E-state index in [1.165, 1.54) is 0 Å². The van der Waals surface area contributed by atoms with E-state index in [-0.39, 0.29) is 26.4 Å². The van der Waals surface area contributed by atoms with E-state index in [2.05, 4.69) is 5.32 Å². The summed E-state index contributed by atoms with van der Waals surface area (Å²) >= 11 is 0. The van der Waals surface area contributed by atoms with Crippen molar-refractivity contribution >= 4 is 12.1 Å². The lowest BCUT2D eigenvalue weighted by atomic mass is 10.0. The van der Waals surface area contributed by atoms with Crippen molar-refractivity contribution in [1.82, 2.24) is 5.32 Å².